The molecule has 1 aromatic carbocycles. The highest BCUT2D eigenvalue weighted by molar-refractivity contribution is 7.98. The standard InChI is InChI=1S/C17H19N5O3S/c1-2-25-15(24)13-10-19-16-20-17(21-22(16)14(13)18-8-9-23)26-11-12-6-4-3-5-7-12/h3-7,10,18,23H,2,8-9,11H2,1H3. The Labute approximate surface area is 154 Å². The molecule has 0 saturated heterocycles. The molecule has 0 bridgehead atoms. The van der Waals surface area contributed by atoms with Gasteiger partial charge in [-0.05, 0) is 12.5 Å². The maximum atomic E-state index is 12.2. The zero-order valence-corrected chi connectivity index (χ0v) is 15.1. The summed E-state index contributed by atoms with van der Waals surface area (Å²) in [6.07, 6.45) is 1.41. The lowest BCUT2D eigenvalue weighted by Gasteiger charge is -2.10. The topological polar surface area (TPSA) is 102 Å². The van der Waals surface area contributed by atoms with Crippen molar-refractivity contribution >= 4 is 29.3 Å². The van der Waals surface area contributed by atoms with Gasteiger partial charge in [0.2, 0.25) is 5.16 Å². The third kappa shape index (κ3) is 4.12. The zero-order valence-electron chi connectivity index (χ0n) is 14.3. The third-order valence-corrected chi connectivity index (χ3v) is 4.37. The lowest BCUT2D eigenvalue weighted by Crippen LogP contribution is -2.16. The predicted molar refractivity (Wildman–Crippen MR) is 98.3 cm³/mol. The zero-order chi connectivity index (χ0) is 18.4. The molecule has 2 heterocycles. The van der Waals surface area contributed by atoms with Gasteiger partial charge in [-0.2, -0.15) is 9.50 Å². The van der Waals surface area contributed by atoms with E-state index in [-0.39, 0.29) is 25.3 Å². The van der Waals surface area contributed by atoms with Gasteiger partial charge in [0.25, 0.3) is 5.78 Å². The minimum atomic E-state index is -0.503. The lowest BCUT2D eigenvalue weighted by molar-refractivity contribution is 0.0526. The minimum Gasteiger partial charge on any atom is -0.462 e. The molecule has 0 spiro atoms. The van der Waals surface area contributed by atoms with E-state index in [1.54, 1.807) is 6.92 Å². The van der Waals surface area contributed by atoms with Crippen LogP contribution in [0.15, 0.2) is 41.7 Å². The molecule has 0 saturated carbocycles. The van der Waals surface area contributed by atoms with E-state index >= 15 is 0 Å². The van der Waals surface area contributed by atoms with E-state index in [1.165, 1.54) is 22.5 Å². The average Bonchev–Trinajstić information content (AvgIpc) is 3.08. The Balaban J connectivity index is 1.90. The van der Waals surface area contributed by atoms with Crippen LogP contribution in [-0.2, 0) is 10.5 Å². The summed E-state index contributed by atoms with van der Waals surface area (Å²) in [5.41, 5.74) is 1.41. The highest BCUT2D eigenvalue weighted by atomic mass is 32.2. The third-order valence-electron chi connectivity index (χ3n) is 3.46. The number of aliphatic hydroxyl groups is 1. The van der Waals surface area contributed by atoms with E-state index in [2.05, 4.69) is 20.4 Å². The molecule has 9 heteroatoms. The van der Waals surface area contributed by atoms with Gasteiger partial charge in [-0.1, -0.05) is 42.1 Å². The van der Waals surface area contributed by atoms with Crippen LogP contribution in [-0.4, -0.2) is 50.4 Å². The van der Waals surface area contributed by atoms with Crippen molar-refractivity contribution in [3.63, 3.8) is 0 Å². The molecule has 0 radical (unpaired) electrons. The number of fused-ring (bicyclic) bond motifs is 1. The number of aromatic nitrogens is 4. The number of hydrogen-bond donors (Lipinski definition) is 2. The maximum absolute atomic E-state index is 12.2. The van der Waals surface area contributed by atoms with Crippen molar-refractivity contribution in [2.75, 3.05) is 25.1 Å². The Kier molecular flexibility index (Phi) is 6.03. The first-order chi connectivity index (χ1) is 12.7. The summed E-state index contributed by atoms with van der Waals surface area (Å²) >= 11 is 1.48. The Hall–Kier alpha value is -2.65. The van der Waals surface area contributed by atoms with Crippen molar-refractivity contribution in [2.45, 2.75) is 17.8 Å². The van der Waals surface area contributed by atoms with Crippen LogP contribution in [0.4, 0.5) is 5.82 Å². The molecule has 0 unspecified atom stereocenters. The quantitative estimate of drug-likeness (QED) is 0.457. The first-order valence-corrected chi connectivity index (χ1v) is 9.15. The summed E-state index contributed by atoms with van der Waals surface area (Å²) in [5.74, 6) is 0.994. The fourth-order valence-electron chi connectivity index (χ4n) is 2.30. The van der Waals surface area contributed by atoms with E-state index in [4.69, 9.17) is 9.84 Å². The molecule has 26 heavy (non-hydrogen) atoms. The Morgan fingerprint density at radius 2 is 2.15 bits per heavy atom. The van der Waals surface area contributed by atoms with E-state index < -0.39 is 5.97 Å². The number of carbonyl (C=O) groups is 1. The van der Waals surface area contributed by atoms with Gasteiger partial charge in [-0.3, -0.25) is 0 Å². The number of benzene rings is 1. The van der Waals surface area contributed by atoms with Crippen molar-refractivity contribution in [3.05, 3.63) is 47.7 Å². The van der Waals surface area contributed by atoms with Crippen molar-refractivity contribution in [2.24, 2.45) is 0 Å². The number of aliphatic hydroxyl groups excluding tert-OH is 1. The van der Waals surface area contributed by atoms with Crippen LogP contribution in [0.2, 0.25) is 0 Å². The van der Waals surface area contributed by atoms with Gasteiger partial charge < -0.3 is 15.2 Å². The molecular weight excluding hydrogens is 354 g/mol. The predicted octanol–water partition coefficient (Wildman–Crippen LogP) is 2.00. The summed E-state index contributed by atoms with van der Waals surface area (Å²) in [5, 5.41) is 17.1. The Morgan fingerprint density at radius 1 is 1.35 bits per heavy atom. The van der Waals surface area contributed by atoms with Crippen LogP contribution in [0.3, 0.4) is 0 Å². The van der Waals surface area contributed by atoms with Crippen LogP contribution in [0.25, 0.3) is 5.78 Å². The fourth-order valence-corrected chi connectivity index (χ4v) is 3.08. The summed E-state index contributed by atoms with van der Waals surface area (Å²) in [6.45, 7) is 2.17. The molecular formula is C17H19N5O3S. The molecule has 136 valence electrons. The first kappa shape index (κ1) is 18.2. The van der Waals surface area contributed by atoms with Crippen molar-refractivity contribution in [1.29, 1.82) is 0 Å². The smallest absolute Gasteiger partial charge is 0.343 e. The van der Waals surface area contributed by atoms with Gasteiger partial charge in [0.1, 0.15) is 11.4 Å². The van der Waals surface area contributed by atoms with Crippen LogP contribution in [0, 0.1) is 0 Å². The van der Waals surface area contributed by atoms with Gasteiger partial charge in [0, 0.05) is 18.5 Å². The number of nitrogens with one attached hydrogen (secondary N) is 1. The second-order valence-electron chi connectivity index (χ2n) is 5.27. The molecule has 0 aliphatic carbocycles. The largest absolute Gasteiger partial charge is 0.462 e. The molecule has 0 aliphatic rings. The summed E-state index contributed by atoms with van der Waals surface area (Å²) in [7, 11) is 0. The second kappa shape index (κ2) is 8.63. The number of thioether (sulfide) groups is 1. The van der Waals surface area contributed by atoms with Crippen LogP contribution in [0.1, 0.15) is 22.8 Å². The van der Waals surface area contributed by atoms with E-state index in [1.807, 2.05) is 30.3 Å². The van der Waals surface area contributed by atoms with Crippen molar-refractivity contribution in [3.8, 4) is 0 Å². The SMILES string of the molecule is CCOC(=O)c1cnc2nc(SCc3ccccc3)nn2c1NCCO. The number of esters is 1. The lowest BCUT2D eigenvalue weighted by atomic mass is 10.2. The first-order valence-electron chi connectivity index (χ1n) is 8.17. The molecule has 0 atom stereocenters. The Morgan fingerprint density at radius 3 is 2.88 bits per heavy atom. The van der Waals surface area contributed by atoms with Crippen LogP contribution < -0.4 is 5.32 Å². The monoisotopic (exact) mass is 373 g/mol. The van der Waals surface area contributed by atoms with Gasteiger partial charge >= 0.3 is 5.97 Å². The summed E-state index contributed by atoms with van der Waals surface area (Å²) in [6, 6.07) is 10.0. The van der Waals surface area contributed by atoms with E-state index in [9.17, 15) is 4.79 Å². The number of hydrogen-bond acceptors (Lipinski definition) is 8. The highest BCUT2D eigenvalue weighted by Crippen LogP contribution is 2.23. The fraction of sp³-hybridized carbons (Fsp3) is 0.294. The number of rotatable bonds is 8. The Bertz CT molecular complexity index is 885. The maximum Gasteiger partial charge on any atom is 0.343 e. The van der Waals surface area contributed by atoms with Crippen LogP contribution >= 0.6 is 11.8 Å². The number of nitrogens with zero attached hydrogens (tertiary/aromatic N) is 4. The molecule has 3 aromatic rings. The number of carbonyl (C=O) groups excluding carboxylic acids is 1. The van der Waals surface area contributed by atoms with Gasteiger partial charge in [0.15, 0.2) is 0 Å². The molecule has 2 aromatic heterocycles. The van der Waals surface area contributed by atoms with Crippen molar-refractivity contribution < 1.29 is 14.6 Å². The molecule has 8 nitrogen and oxygen atoms in total. The second-order valence-corrected chi connectivity index (χ2v) is 6.21. The number of anilines is 1. The minimum absolute atomic E-state index is 0.0869. The van der Waals surface area contributed by atoms with E-state index in [0.29, 0.717) is 16.8 Å². The van der Waals surface area contributed by atoms with Crippen LogP contribution in [0.5, 0.6) is 0 Å². The van der Waals surface area contributed by atoms with Crippen molar-refractivity contribution in [1.82, 2.24) is 19.6 Å². The van der Waals surface area contributed by atoms with Gasteiger partial charge in [-0.15, -0.1) is 5.10 Å². The van der Waals surface area contributed by atoms with Gasteiger partial charge in [-0.25, -0.2) is 9.78 Å². The molecule has 0 aliphatic heterocycles. The van der Waals surface area contributed by atoms with Gasteiger partial charge in [0.05, 0.1) is 13.2 Å². The average molecular weight is 373 g/mol. The number of ether oxygens (including phenoxy) is 1. The molecule has 2 N–H and O–H groups in total. The molecule has 0 amide bonds. The molecule has 3 rings (SSSR count). The summed E-state index contributed by atoms with van der Waals surface area (Å²) < 4.78 is 6.53. The normalized spacial score (nSPS) is 10.8. The molecule has 0 fully saturated rings. The summed E-state index contributed by atoms with van der Waals surface area (Å²) in [4.78, 5) is 20.8. The highest BCUT2D eigenvalue weighted by Gasteiger charge is 2.19. The van der Waals surface area contributed by atoms with E-state index in [0.717, 1.165) is 11.3 Å².